The van der Waals surface area contributed by atoms with Crippen LogP contribution in [0.1, 0.15) is 24.3 Å². The molecular weight excluding hydrogens is 333 g/mol. The second-order valence-corrected chi connectivity index (χ2v) is 6.44. The summed E-state index contributed by atoms with van der Waals surface area (Å²) < 4.78 is 24.8. The van der Waals surface area contributed by atoms with Gasteiger partial charge in [-0.2, -0.15) is 4.98 Å². The van der Waals surface area contributed by atoms with E-state index in [1.165, 1.54) is 6.07 Å². The van der Waals surface area contributed by atoms with Gasteiger partial charge in [0.15, 0.2) is 0 Å². The molecule has 1 saturated carbocycles. The maximum absolute atomic E-state index is 14.0. The predicted octanol–water partition coefficient (Wildman–Crippen LogP) is 4.05. The third-order valence-electron chi connectivity index (χ3n) is 4.55. The fourth-order valence-corrected chi connectivity index (χ4v) is 3.03. The Bertz CT molecular complexity index is 892. The van der Waals surface area contributed by atoms with Crippen LogP contribution >= 0.6 is 0 Å². The van der Waals surface area contributed by atoms with E-state index in [0.29, 0.717) is 42.2 Å². The molecule has 1 aromatic heterocycles. The first-order chi connectivity index (χ1) is 12.7. The standard InChI is InChI=1S/C20H20FN3O2/c1-25-18-9-5-3-7-16(18)20-22-19(26-23-20)13-24(15-10-11-15)12-14-6-2-4-8-17(14)21/h2-9,15H,10-13H2,1H3. The number of hydrogen-bond acceptors (Lipinski definition) is 5. The smallest absolute Gasteiger partial charge is 0.241 e. The first-order valence-corrected chi connectivity index (χ1v) is 8.68. The van der Waals surface area contributed by atoms with Gasteiger partial charge in [0.1, 0.15) is 11.6 Å². The van der Waals surface area contributed by atoms with Gasteiger partial charge in [-0.1, -0.05) is 35.5 Å². The van der Waals surface area contributed by atoms with Crippen molar-refractivity contribution in [2.45, 2.75) is 32.0 Å². The lowest BCUT2D eigenvalue weighted by Gasteiger charge is -2.20. The highest BCUT2D eigenvalue weighted by Crippen LogP contribution is 2.31. The molecule has 0 saturated heterocycles. The molecule has 6 heteroatoms. The Hall–Kier alpha value is -2.73. The largest absolute Gasteiger partial charge is 0.496 e. The molecule has 0 aliphatic heterocycles. The number of nitrogens with zero attached hydrogens (tertiary/aromatic N) is 3. The van der Waals surface area contributed by atoms with E-state index >= 15 is 0 Å². The molecule has 0 bridgehead atoms. The maximum atomic E-state index is 14.0. The van der Waals surface area contributed by atoms with Crippen molar-refractivity contribution >= 4 is 0 Å². The van der Waals surface area contributed by atoms with Gasteiger partial charge in [-0.05, 0) is 31.0 Å². The van der Waals surface area contributed by atoms with E-state index in [0.717, 1.165) is 18.4 Å². The van der Waals surface area contributed by atoms with Crippen LogP contribution in [0.25, 0.3) is 11.4 Å². The van der Waals surface area contributed by atoms with Gasteiger partial charge in [0, 0.05) is 18.2 Å². The molecule has 0 spiro atoms. The maximum Gasteiger partial charge on any atom is 0.241 e. The zero-order valence-corrected chi connectivity index (χ0v) is 14.6. The number of aromatic nitrogens is 2. The quantitative estimate of drug-likeness (QED) is 0.641. The van der Waals surface area contributed by atoms with Crippen LogP contribution in [0.15, 0.2) is 53.1 Å². The zero-order chi connectivity index (χ0) is 17.9. The van der Waals surface area contributed by atoms with E-state index < -0.39 is 0 Å². The van der Waals surface area contributed by atoms with Crippen LogP contribution in [-0.4, -0.2) is 28.2 Å². The van der Waals surface area contributed by atoms with E-state index in [-0.39, 0.29) is 5.82 Å². The van der Waals surface area contributed by atoms with E-state index in [2.05, 4.69) is 15.0 Å². The van der Waals surface area contributed by atoms with Crippen molar-refractivity contribution in [3.05, 3.63) is 65.8 Å². The molecule has 3 aromatic rings. The Labute approximate surface area is 151 Å². The van der Waals surface area contributed by atoms with E-state index in [1.807, 2.05) is 36.4 Å². The predicted molar refractivity (Wildman–Crippen MR) is 95.0 cm³/mol. The van der Waals surface area contributed by atoms with Crippen molar-refractivity contribution in [3.8, 4) is 17.1 Å². The summed E-state index contributed by atoms with van der Waals surface area (Å²) in [5.74, 6) is 1.54. The fourth-order valence-electron chi connectivity index (χ4n) is 3.03. The Balaban J connectivity index is 1.52. The highest BCUT2D eigenvalue weighted by Gasteiger charge is 2.31. The average Bonchev–Trinajstić information content (AvgIpc) is 3.42. The molecule has 4 rings (SSSR count). The topological polar surface area (TPSA) is 51.4 Å². The van der Waals surface area contributed by atoms with Crippen molar-refractivity contribution in [1.82, 2.24) is 15.0 Å². The SMILES string of the molecule is COc1ccccc1-c1noc(CN(Cc2ccccc2F)C2CC2)n1. The van der Waals surface area contributed by atoms with Crippen LogP contribution in [0.4, 0.5) is 4.39 Å². The molecule has 26 heavy (non-hydrogen) atoms. The number of halogens is 1. The summed E-state index contributed by atoms with van der Waals surface area (Å²) in [5.41, 5.74) is 1.47. The van der Waals surface area contributed by atoms with Gasteiger partial charge in [-0.25, -0.2) is 4.39 Å². The lowest BCUT2D eigenvalue weighted by Crippen LogP contribution is -2.25. The molecule has 0 amide bonds. The second-order valence-electron chi connectivity index (χ2n) is 6.44. The van der Waals surface area contributed by atoms with Gasteiger partial charge in [0.25, 0.3) is 0 Å². The van der Waals surface area contributed by atoms with Crippen LogP contribution in [0, 0.1) is 5.82 Å². The summed E-state index contributed by atoms with van der Waals surface area (Å²) in [6.07, 6.45) is 2.23. The number of ether oxygens (including phenoxy) is 1. The molecule has 1 aliphatic carbocycles. The lowest BCUT2D eigenvalue weighted by molar-refractivity contribution is 0.207. The van der Waals surface area contributed by atoms with Crippen LogP contribution in [0.5, 0.6) is 5.75 Å². The van der Waals surface area contributed by atoms with Crippen molar-refractivity contribution in [2.75, 3.05) is 7.11 Å². The van der Waals surface area contributed by atoms with Crippen molar-refractivity contribution in [1.29, 1.82) is 0 Å². The monoisotopic (exact) mass is 353 g/mol. The Morgan fingerprint density at radius 1 is 1.12 bits per heavy atom. The van der Waals surface area contributed by atoms with E-state index in [4.69, 9.17) is 9.26 Å². The summed E-state index contributed by atoms with van der Waals surface area (Å²) in [6, 6.07) is 14.9. The van der Waals surface area contributed by atoms with E-state index in [9.17, 15) is 4.39 Å². The molecule has 0 N–H and O–H groups in total. The minimum absolute atomic E-state index is 0.182. The molecule has 2 aromatic carbocycles. The Morgan fingerprint density at radius 3 is 2.65 bits per heavy atom. The normalized spacial score (nSPS) is 14.0. The second kappa shape index (κ2) is 7.25. The minimum Gasteiger partial charge on any atom is -0.496 e. The molecule has 1 fully saturated rings. The molecule has 134 valence electrons. The molecular formula is C20H20FN3O2. The van der Waals surface area contributed by atoms with E-state index in [1.54, 1.807) is 13.2 Å². The highest BCUT2D eigenvalue weighted by atomic mass is 19.1. The summed E-state index contributed by atoms with van der Waals surface area (Å²) in [4.78, 5) is 6.70. The molecule has 1 heterocycles. The van der Waals surface area contributed by atoms with Crippen LogP contribution < -0.4 is 4.74 Å². The van der Waals surface area contributed by atoms with Crippen LogP contribution in [-0.2, 0) is 13.1 Å². The van der Waals surface area contributed by atoms with Crippen molar-refractivity contribution in [3.63, 3.8) is 0 Å². The first kappa shape index (κ1) is 16.7. The average molecular weight is 353 g/mol. The number of hydrogen-bond donors (Lipinski definition) is 0. The summed E-state index contributed by atoms with van der Waals surface area (Å²) in [7, 11) is 1.61. The number of methoxy groups -OCH3 is 1. The summed E-state index contributed by atoms with van der Waals surface area (Å²) >= 11 is 0. The van der Waals surface area contributed by atoms with Crippen molar-refractivity contribution in [2.24, 2.45) is 0 Å². The number of para-hydroxylation sites is 1. The lowest BCUT2D eigenvalue weighted by atomic mass is 10.2. The molecule has 0 atom stereocenters. The van der Waals surface area contributed by atoms with Crippen LogP contribution in [0.2, 0.25) is 0 Å². The van der Waals surface area contributed by atoms with Crippen LogP contribution in [0.3, 0.4) is 0 Å². The summed E-state index contributed by atoms with van der Waals surface area (Å²) in [5, 5.41) is 4.09. The van der Waals surface area contributed by atoms with Gasteiger partial charge in [-0.3, -0.25) is 4.90 Å². The highest BCUT2D eigenvalue weighted by molar-refractivity contribution is 5.63. The molecule has 0 unspecified atom stereocenters. The Morgan fingerprint density at radius 2 is 1.88 bits per heavy atom. The fraction of sp³-hybridized carbons (Fsp3) is 0.300. The number of rotatable bonds is 7. The van der Waals surface area contributed by atoms with Gasteiger partial charge < -0.3 is 9.26 Å². The van der Waals surface area contributed by atoms with Gasteiger partial charge >= 0.3 is 0 Å². The van der Waals surface area contributed by atoms with Gasteiger partial charge in [0.05, 0.1) is 19.2 Å². The number of benzene rings is 2. The minimum atomic E-state index is -0.182. The van der Waals surface area contributed by atoms with Gasteiger partial charge in [-0.15, -0.1) is 0 Å². The van der Waals surface area contributed by atoms with Crippen molar-refractivity contribution < 1.29 is 13.7 Å². The van der Waals surface area contributed by atoms with Gasteiger partial charge in [0.2, 0.25) is 11.7 Å². The Kier molecular flexibility index (Phi) is 4.67. The third kappa shape index (κ3) is 3.60. The first-order valence-electron chi connectivity index (χ1n) is 8.68. The molecule has 5 nitrogen and oxygen atoms in total. The molecule has 1 aliphatic rings. The molecule has 0 radical (unpaired) electrons. The zero-order valence-electron chi connectivity index (χ0n) is 14.6. The third-order valence-corrected chi connectivity index (χ3v) is 4.55. The summed E-state index contributed by atoms with van der Waals surface area (Å²) in [6.45, 7) is 1.03.